The lowest BCUT2D eigenvalue weighted by Crippen LogP contribution is -2.51. The lowest BCUT2D eigenvalue weighted by Gasteiger charge is -2.24. The molecular weight excluding hydrogens is 420 g/mol. The van der Waals surface area contributed by atoms with Crippen LogP contribution in [0, 0.1) is 12.8 Å². The number of para-hydroxylation sites is 1. The zero-order chi connectivity index (χ0) is 23.4. The van der Waals surface area contributed by atoms with Gasteiger partial charge in [-0.3, -0.25) is 19.8 Å². The van der Waals surface area contributed by atoms with Crippen molar-refractivity contribution in [1.29, 1.82) is 0 Å². The molecule has 8 nitrogen and oxygen atoms in total. The fourth-order valence-electron chi connectivity index (χ4n) is 4.51. The summed E-state index contributed by atoms with van der Waals surface area (Å²) in [4.78, 5) is 29.3. The molecule has 4 rings (SSSR count). The number of rotatable bonds is 7. The van der Waals surface area contributed by atoms with E-state index in [2.05, 4.69) is 15.6 Å². The molecule has 8 heteroatoms. The molecule has 0 bridgehead atoms. The molecule has 33 heavy (non-hydrogen) atoms. The summed E-state index contributed by atoms with van der Waals surface area (Å²) in [7, 11) is 1.79. The SMILES string of the molecule is CNC1CCC(C(=O)NO)C1NC(=O)c1ccc(OCc2cc(C)nc3ccccc23)cc1. The second-order valence-corrected chi connectivity index (χ2v) is 8.31. The molecule has 172 valence electrons. The third kappa shape index (κ3) is 4.97. The van der Waals surface area contributed by atoms with Crippen LogP contribution in [0.25, 0.3) is 10.9 Å². The first kappa shape index (κ1) is 22.7. The van der Waals surface area contributed by atoms with Gasteiger partial charge in [-0.15, -0.1) is 0 Å². The van der Waals surface area contributed by atoms with Crippen molar-refractivity contribution in [2.75, 3.05) is 7.05 Å². The molecule has 1 aliphatic rings. The average molecular weight is 449 g/mol. The average Bonchev–Trinajstić information content (AvgIpc) is 3.24. The van der Waals surface area contributed by atoms with Crippen molar-refractivity contribution in [3.8, 4) is 5.75 Å². The minimum Gasteiger partial charge on any atom is -0.489 e. The maximum Gasteiger partial charge on any atom is 0.251 e. The van der Waals surface area contributed by atoms with Gasteiger partial charge >= 0.3 is 0 Å². The summed E-state index contributed by atoms with van der Waals surface area (Å²) in [5.41, 5.74) is 5.09. The number of hydroxylamine groups is 1. The highest BCUT2D eigenvalue weighted by molar-refractivity contribution is 5.95. The van der Waals surface area contributed by atoms with Crippen molar-refractivity contribution in [3.05, 3.63) is 71.4 Å². The molecule has 1 fully saturated rings. The van der Waals surface area contributed by atoms with Gasteiger partial charge in [0.2, 0.25) is 5.91 Å². The summed E-state index contributed by atoms with van der Waals surface area (Å²) in [6.07, 6.45) is 1.31. The molecule has 3 aromatic rings. The third-order valence-electron chi connectivity index (χ3n) is 6.21. The molecule has 1 aliphatic carbocycles. The quantitative estimate of drug-likeness (QED) is 0.327. The summed E-state index contributed by atoms with van der Waals surface area (Å²) in [5, 5.41) is 16.1. The van der Waals surface area contributed by atoms with Crippen LogP contribution in [0.3, 0.4) is 0 Å². The summed E-state index contributed by atoms with van der Waals surface area (Å²) < 4.78 is 5.97. The maximum absolute atomic E-state index is 12.8. The van der Waals surface area contributed by atoms with E-state index in [0.717, 1.165) is 28.6 Å². The molecule has 0 aliphatic heterocycles. The number of hydrogen-bond acceptors (Lipinski definition) is 6. The molecule has 2 amide bonds. The fourth-order valence-corrected chi connectivity index (χ4v) is 4.51. The molecule has 0 spiro atoms. The fraction of sp³-hybridized carbons (Fsp3) is 0.320. The van der Waals surface area contributed by atoms with Crippen LogP contribution in [-0.2, 0) is 11.4 Å². The predicted octanol–water partition coefficient (Wildman–Crippen LogP) is 2.72. The zero-order valence-electron chi connectivity index (χ0n) is 18.7. The molecule has 3 atom stereocenters. The van der Waals surface area contributed by atoms with Crippen LogP contribution in [0.15, 0.2) is 54.6 Å². The summed E-state index contributed by atoms with van der Waals surface area (Å²) in [5.74, 6) is -0.602. The molecule has 1 saturated carbocycles. The number of aromatic nitrogens is 1. The van der Waals surface area contributed by atoms with Gasteiger partial charge in [0.15, 0.2) is 0 Å². The molecular formula is C25H28N4O4. The summed E-state index contributed by atoms with van der Waals surface area (Å²) >= 11 is 0. The van der Waals surface area contributed by atoms with Gasteiger partial charge in [-0.1, -0.05) is 18.2 Å². The lowest BCUT2D eigenvalue weighted by atomic mass is 10.0. The molecule has 1 aromatic heterocycles. The number of carbonyl (C=O) groups is 2. The Morgan fingerprint density at radius 3 is 2.61 bits per heavy atom. The van der Waals surface area contributed by atoms with Crippen molar-refractivity contribution in [2.45, 2.75) is 38.5 Å². The first-order chi connectivity index (χ1) is 16.0. The van der Waals surface area contributed by atoms with Crippen molar-refractivity contribution >= 4 is 22.7 Å². The first-order valence-corrected chi connectivity index (χ1v) is 11.0. The first-order valence-electron chi connectivity index (χ1n) is 11.0. The van der Waals surface area contributed by atoms with Crippen LogP contribution in [0.1, 0.15) is 34.5 Å². The normalized spacial score (nSPS) is 19.9. The number of nitrogens with one attached hydrogen (secondary N) is 3. The van der Waals surface area contributed by atoms with E-state index in [1.54, 1.807) is 36.8 Å². The van der Waals surface area contributed by atoms with Crippen LogP contribution in [0.4, 0.5) is 0 Å². The molecule has 1 heterocycles. The van der Waals surface area contributed by atoms with E-state index in [0.29, 0.717) is 24.3 Å². The van der Waals surface area contributed by atoms with Crippen LogP contribution >= 0.6 is 0 Å². The summed E-state index contributed by atoms with van der Waals surface area (Å²) in [6, 6.07) is 16.4. The largest absolute Gasteiger partial charge is 0.489 e. The van der Waals surface area contributed by atoms with Gasteiger partial charge in [-0.25, -0.2) is 5.48 Å². The van der Waals surface area contributed by atoms with Crippen LogP contribution < -0.4 is 20.9 Å². The van der Waals surface area contributed by atoms with E-state index in [1.165, 1.54) is 0 Å². The highest BCUT2D eigenvalue weighted by Crippen LogP contribution is 2.27. The second-order valence-electron chi connectivity index (χ2n) is 8.31. The number of carbonyl (C=O) groups excluding carboxylic acids is 2. The van der Waals surface area contributed by atoms with Gasteiger partial charge in [0, 0.05) is 28.2 Å². The van der Waals surface area contributed by atoms with Crippen LogP contribution in [0.5, 0.6) is 5.75 Å². The highest BCUT2D eigenvalue weighted by Gasteiger charge is 2.40. The van der Waals surface area contributed by atoms with E-state index in [4.69, 9.17) is 9.94 Å². The lowest BCUT2D eigenvalue weighted by molar-refractivity contribution is -0.133. The minimum absolute atomic E-state index is 0.0440. The molecule has 0 saturated heterocycles. The van der Waals surface area contributed by atoms with Crippen molar-refractivity contribution in [2.24, 2.45) is 5.92 Å². The van der Waals surface area contributed by atoms with Gasteiger partial charge in [-0.05, 0) is 63.2 Å². The minimum atomic E-state index is -0.488. The molecule has 3 unspecified atom stereocenters. The topological polar surface area (TPSA) is 113 Å². The smallest absolute Gasteiger partial charge is 0.251 e. The Morgan fingerprint density at radius 1 is 1.12 bits per heavy atom. The Kier molecular flexibility index (Phi) is 6.86. The van der Waals surface area contributed by atoms with Gasteiger partial charge < -0.3 is 15.4 Å². The Labute approximate surface area is 192 Å². The van der Waals surface area contributed by atoms with Crippen molar-refractivity contribution < 1.29 is 19.5 Å². The Bertz CT molecular complexity index is 1150. The Hall–Kier alpha value is -3.49. The number of hydrogen-bond donors (Lipinski definition) is 4. The van der Waals surface area contributed by atoms with E-state index >= 15 is 0 Å². The molecule has 0 radical (unpaired) electrons. The highest BCUT2D eigenvalue weighted by atomic mass is 16.5. The zero-order valence-corrected chi connectivity index (χ0v) is 18.7. The standard InChI is InChI=1S/C25H28N4O4/c1-15-13-17(19-5-3-4-6-21(19)27-15)14-33-18-9-7-16(8-10-18)24(30)28-23-20(25(31)29-32)11-12-22(23)26-2/h3-10,13,20,22-23,26,32H,11-12,14H2,1-2H3,(H,28,30)(H,29,31). The van der Waals surface area contributed by atoms with Crippen LogP contribution in [0.2, 0.25) is 0 Å². The number of likely N-dealkylation sites (N-methyl/N-ethyl adjacent to an activating group) is 1. The van der Waals surface area contributed by atoms with E-state index in [9.17, 15) is 9.59 Å². The number of pyridine rings is 1. The maximum atomic E-state index is 12.8. The number of amides is 2. The molecule has 2 aromatic carbocycles. The third-order valence-corrected chi connectivity index (χ3v) is 6.21. The van der Waals surface area contributed by atoms with Gasteiger partial charge in [-0.2, -0.15) is 0 Å². The van der Waals surface area contributed by atoms with E-state index in [-0.39, 0.29) is 11.9 Å². The van der Waals surface area contributed by atoms with Crippen LogP contribution in [-0.4, -0.2) is 41.1 Å². The Balaban J connectivity index is 1.42. The van der Waals surface area contributed by atoms with E-state index in [1.807, 2.05) is 37.3 Å². The number of fused-ring (bicyclic) bond motifs is 1. The number of benzene rings is 2. The monoisotopic (exact) mass is 448 g/mol. The van der Waals surface area contributed by atoms with Gasteiger partial charge in [0.1, 0.15) is 12.4 Å². The van der Waals surface area contributed by atoms with E-state index < -0.39 is 17.9 Å². The predicted molar refractivity (Wildman–Crippen MR) is 124 cm³/mol. The van der Waals surface area contributed by atoms with Crippen molar-refractivity contribution in [3.63, 3.8) is 0 Å². The van der Waals surface area contributed by atoms with Gasteiger partial charge in [0.05, 0.1) is 17.5 Å². The number of ether oxygens (including phenoxy) is 1. The molecule has 4 N–H and O–H groups in total. The number of nitrogens with zero attached hydrogens (tertiary/aromatic N) is 1. The summed E-state index contributed by atoms with van der Waals surface area (Å²) in [6.45, 7) is 2.35. The van der Waals surface area contributed by atoms with Gasteiger partial charge in [0.25, 0.3) is 5.91 Å². The Morgan fingerprint density at radius 2 is 1.88 bits per heavy atom. The second kappa shape index (κ2) is 9.97. The van der Waals surface area contributed by atoms with Crippen molar-refractivity contribution in [1.82, 2.24) is 21.1 Å². The number of aryl methyl sites for hydroxylation is 1.